The van der Waals surface area contributed by atoms with Gasteiger partial charge in [0.05, 0.1) is 0 Å². The maximum absolute atomic E-state index is 12.5. The van der Waals surface area contributed by atoms with Crippen molar-refractivity contribution in [3.05, 3.63) is 34.3 Å². The van der Waals surface area contributed by atoms with Crippen molar-refractivity contribution in [3.8, 4) is 0 Å². The van der Waals surface area contributed by atoms with Crippen LogP contribution in [0.15, 0.2) is 28.7 Å². The normalized spacial score (nSPS) is 11.2. The van der Waals surface area contributed by atoms with Crippen LogP contribution in [0.5, 0.6) is 0 Å². The molecule has 0 fully saturated rings. The Bertz CT molecular complexity index is 363. The van der Waals surface area contributed by atoms with Gasteiger partial charge in [-0.15, -0.1) is 0 Å². The van der Waals surface area contributed by atoms with E-state index >= 15 is 0 Å². The van der Waals surface area contributed by atoms with E-state index in [1.54, 1.807) is 18.2 Å². The fourth-order valence-corrected chi connectivity index (χ4v) is 1.40. The zero-order valence-corrected chi connectivity index (χ0v) is 9.64. The molecule has 1 aromatic carbocycles. The van der Waals surface area contributed by atoms with Crippen LogP contribution in [0.25, 0.3) is 0 Å². The van der Waals surface area contributed by atoms with Crippen LogP contribution in [0.4, 0.5) is 8.78 Å². The molecule has 82 valence electrons. The Hall–Kier alpha value is -0.970. The van der Waals surface area contributed by atoms with Crippen LogP contribution in [-0.4, -0.2) is 11.8 Å². The minimum atomic E-state index is -3.33. The van der Waals surface area contributed by atoms with Crippen molar-refractivity contribution in [3.63, 3.8) is 0 Å². The minimum Gasteiger partial charge on any atom is -0.347 e. The lowest BCUT2D eigenvalue weighted by Gasteiger charge is -2.11. The molecule has 0 radical (unpaired) electrons. The predicted molar refractivity (Wildman–Crippen MR) is 56.6 cm³/mol. The first kappa shape index (κ1) is 12.1. The predicted octanol–water partition coefficient (Wildman–Crippen LogP) is 2.72. The highest BCUT2D eigenvalue weighted by Crippen LogP contribution is 2.16. The monoisotopic (exact) mass is 277 g/mol. The Labute approximate surface area is 94.8 Å². The van der Waals surface area contributed by atoms with E-state index in [4.69, 9.17) is 0 Å². The molecule has 5 heteroatoms. The number of hydrogen-bond acceptors (Lipinski definition) is 1. The van der Waals surface area contributed by atoms with Crippen LogP contribution in [0.1, 0.15) is 12.5 Å². The number of halogens is 3. The molecule has 0 aromatic heterocycles. The van der Waals surface area contributed by atoms with E-state index in [1.807, 2.05) is 6.07 Å². The molecule has 0 unspecified atom stereocenters. The first-order valence-electron chi connectivity index (χ1n) is 4.31. The molecule has 2 nitrogen and oxygen atoms in total. The maximum atomic E-state index is 12.5. The molecule has 0 atom stereocenters. The summed E-state index contributed by atoms with van der Waals surface area (Å²) in [6.07, 6.45) is 0. The first-order chi connectivity index (χ1) is 6.91. The molecule has 0 heterocycles. The zero-order chi connectivity index (χ0) is 11.5. The molecule has 0 aliphatic heterocycles. The Morgan fingerprint density at radius 1 is 1.47 bits per heavy atom. The highest BCUT2D eigenvalue weighted by Gasteiger charge is 2.31. The second kappa shape index (κ2) is 4.70. The lowest BCUT2D eigenvalue weighted by atomic mass is 10.2. The molecule has 0 spiro atoms. The number of nitrogens with one attached hydrogen (secondary N) is 1. The quantitative estimate of drug-likeness (QED) is 0.905. The Morgan fingerprint density at radius 2 is 2.07 bits per heavy atom. The number of amides is 1. The molecule has 0 aliphatic rings. The number of carbonyl (C=O) groups excluding carboxylic acids is 1. The molecule has 1 amide bonds. The Balaban J connectivity index is 2.59. The summed E-state index contributed by atoms with van der Waals surface area (Å²) in [5, 5.41) is 2.16. The van der Waals surface area contributed by atoms with Gasteiger partial charge in [-0.05, 0) is 11.6 Å². The van der Waals surface area contributed by atoms with Gasteiger partial charge in [-0.25, -0.2) is 0 Å². The van der Waals surface area contributed by atoms with E-state index in [0.29, 0.717) is 6.92 Å². The maximum Gasteiger partial charge on any atom is 0.321 e. The van der Waals surface area contributed by atoms with Crippen molar-refractivity contribution >= 4 is 21.8 Å². The van der Waals surface area contributed by atoms with Crippen molar-refractivity contribution in [1.29, 1.82) is 0 Å². The van der Waals surface area contributed by atoms with Crippen LogP contribution in [0, 0.1) is 0 Å². The van der Waals surface area contributed by atoms with Gasteiger partial charge < -0.3 is 5.32 Å². The van der Waals surface area contributed by atoms with Gasteiger partial charge in [-0.3, -0.25) is 4.79 Å². The summed E-state index contributed by atoms with van der Waals surface area (Å²) < 4.78 is 25.8. The van der Waals surface area contributed by atoms with Crippen LogP contribution in [0.3, 0.4) is 0 Å². The molecule has 1 aromatic rings. The molecule has 0 saturated heterocycles. The fraction of sp³-hybridized carbons (Fsp3) is 0.300. The van der Waals surface area contributed by atoms with Crippen LogP contribution in [-0.2, 0) is 11.3 Å². The zero-order valence-electron chi connectivity index (χ0n) is 8.06. The van der Waals surface area contributed by atoms with E-state index in [0.717, 1.165) is 10.0 Å². The van der Waals surface area contributed by atoms with Gasteiger partial charge >= 0.3 is 5.92 Å². The second-order valence-electron chi connectivity index (χ2n) is 3.16. The topological polar surface area (TPSA) is 29.1 Å². The van der Waals surface area contributed by atoms with Crippen molar-refractivity contribution < 1.29 is 13.6 Å². The largest absolute Gasteiger partial charge is 0.347 e. The van der Waals surface area contributed by atoms with Crippen LogP contribution >= 0.6 is 15.9 Å². The summed E-state index contributed by atoms with van der Waals surface area (Å²) in [6.45, 7) is 0.659. The number of rotatable bonds is 3. The summed E-state index contributed by atoms with van der Waals surface area (Å²) in [5.41, 5.74) is 0.759. The van der Waals surface area contributed by atoms with Crippen LogP contribution < -0.4 is 5.32 Å². The molecule has 0 bridgehead atoms. The van der Waals surface area contributed by atoms with Crippen LogP contribution in [0.2, 0.25) is 0 Å². The van der Waals surface area contributed by atoms with Crippen molar-refractivity contribution in [1.82, 2.24) is 5.32 Å². The Kier molecular flexibility index (Phi) is 3.79. The number of carbonyl (C=O) groups is 1. The molecule has 1 rings (SSSR count). The van der Waals surface area contributed by atoms with Gasteiger partial charge in [-0.2, -0.15) is 8.78 Å². The van der Waals surface area contributed by atoms with Crippen molar-refractivity contribution in [2.45, 2.75) is 19.4 Å². The van der Waals surface area contributed by atoms with Gasteiger partial charge in [0.15, 0.2) is 0 Å². The standard InChI is InChI=1S/C10H10BrF2NO/c1-10(12,13)9(15)14-6-7-4-2-3-5-8(7)11/h2-5H,6H2,1H3,(H,14,15). The van der Waals surface area contributed by atoms with Gasteiger partial charge in [0, 0.05) is 17.9 Å². The van der Waals surface area contributed by atoms with E-state index in [-0.39, 0.29) is 6.54 Å². The highest BCUT2D eigenvalue weighted by atomic mass is 79.9. The van der Waals surface area contributed by atoms with Gasteiger partial charge in [0.1, 0.15) is 0 Å². The van der Waals surface area contributed by atoms with E-state index in [1.165, 1.54) is 0 Å². The summed E-state index contributed by atoms with van der Waals surface area (Å²) >= 11 is 3.26. The number of hydrogen-bond donors (Lipinski definition) is 1. The van der Waals surface area contributed by atoms with Gasteiger partial charge in [-0.1, -0.05) is 34.1 Å². The third kappa shape index (κ3) is 3.58. The van der Waals surface area contributed by atoms with Crippen molar-refractivity contribution in [2.24, 2.45) is 0 Å². The molecule has 1 N–H and O–H groups in total. The van der Waals surface area contributed by atoms with Gasteiger partial charge in [0.25, 0.3) is 5.91 Å². The van der Waals surface area contributed by atoms with Crippen molar-refractivity contribution in [2.75, 3.05) is 0 Å². The van der Waals surface area contributed by atoms with E-state index in [2.05, 4.69) is 21.2 Å². The summed E-state index contributed by atoms with van der Waals surface area (Å²) in [6, 6.07) is 7.11. The third-order valence-electron chi connectivity index (χ3n) is 1.80. The average Bonchev–Trinajstić information content (AvgIpc) is 2.14. The SMILES string of the molecule is CC(F)(F)C(=O)NCc1ccccc1Br. The van der Waals surface area contributed by atoms with E-state index in [9.17, 15) is 13.6 Å². The fourth-order valence-electron chi connectivity index (χ4n) is 0.972. The first-order valence-corrected chi connectivity index (χ1v) is 5.10. The molecule has 0 saturated carbocycles. The number of alkyl halides is 2. The lowest BCUT2D eigenvalue weighted by molar-refractivity contribution is -0.143. The highest BCUT2D eigenvalue weighted by molar-refractivity contribution is 9.10. The second-order valence-corrected chi connectivity index (χ2v) is 4.02. The Morgan fingerprint density at radius 3 is 2.60 bits per heavy atom. The lowest BCUT2D eigenvalue weighted by Crippen LogP contribution is -2.37. The summed E-state index contributed by atoms with van der Waals surface area (Å²) in [7, 11) is 0. The summed E-state index contributed by atoms with van der Waals surface area (Å²) in [5.74, 6) is -4.60. The number of benzene rings is 1. The molecular formula is C10H10BrF2NO. The van der Waals surface area contributed by atoms with E-state index < -0.39 is 11.8 Å². The minimum absolute atomic E-state index is 0.0870. The van der Waals surface area contributed by atoms with Gasteiger partial charge in [0.2, 0.25) is 0 Å². The molecular weight excluding hydrogens is 268 g/mol. The summed E-state index contributed by atoms with van der Waals surface area (Å²) in [4.78, 5) is 10.9. The molecule has 15 heavy (non-hydrogen) atoms. The average molecular weight is 278 g/mol. The smallest absolute Gasteiger partial charge is 0.321 e. The molecule has 0 aliphatic carbocycles. The third-order valence-corrected chi connectivity index (χ3v) is 2.57.